The first-order chi connectivity index (χ1) is 4.81. The second kappa shape index (κ2) is 2.63. The van der Waals surface area contributed by atoms with Gasteiger partial charge in [-0.25, -0.2) is 0 Å². The third kappa shape index (κ3) is 1.09. The molecule has 1 saturated heterocycles. The van der Waals surface area contributed by atoms with Crippen LogP contribution in [0.2, 0.25) is 0 Å². The van der Waals surface area contributed by atoms with Crippen LogP contribution in [0.1, 0.15) is 32.1 Å². The summed E-state index contributed by atoms with van der Waals surface area (Å²) < 4.78 is 0.649. The molecule has 1 heterocycles. The highest BCUT2D eigenvalue weighted by Crippen LogP contribution is 2.43. The molecule has 2 aliphatic rings. The van der Waals surface area contributed by atoms with E-state index in [-0.39, 0.29) is 0 Å². The Bertz CT molecular complexity index is 137. The fraction of sp³-hybridized carbons (Fsp3) is 1.00. The molecule has 1 aliphatic heterocycles. The number of hydrogen-bond donors (Lipinski definition) is 1. The maximum absolute atomic E-state index is 3.61. The van der Waals surface area contributed by atoms with Gasteiger partial charge in [-0.1, -0.05) is 29.0 Å². The van der Waals surface area contributed by atoms with E-state index in [0.717, 1.165) is 6.04 Å². The molecule has 0 aromatic carbocycles. The van der Waals surface area contributed by atoms with E-state index < -0.39 is 0 Å². The second-order valence-corrected chi connectivity index (χ2v) is 5.69. The molecule has 0 aromatic rings. The zero-order chi connectivity index (χ0) is 7.03. The lowest BCUT2D eigenvalue weighted by Gasteiger charge is -2.35. The molecule has 1 N–H and O–H groups in total. The largest absolute Gasteiger partial charge is 0.313 e. The van der Waals surface area contributed by atoms with Gasteiger partial charge in [-0.05, 0) is 32.2 Å². The zero-order valence-corrected chi connectivity index (χ0v) is 8.36. The lowest BCUT2D eigenvalue weighted by molar-refractivity contribution is 0.368. The molecule has 0 bridgehead atoms. The quantitative estimate of drug-likeness (QED) is 0.513. The van der Waals surface area contributed by atoms with E-state index in [2.05, 4.69) is 27.9 Å². The number of alkyl halides is 1. The lowest BCUT2D eigenvalue weighted by atomic mass is 9.94. The van der Waals surface area contributed by atoms with Gasteiger partial charge >= 0.3 is 0 Å². The minimum Gasteiger partial charge on any atom is -0.313 e. The minimum absolute atomic E-state index is 0.649. The number of halogens is 1. The van der Waals surface area contributed by atoms with Crippen LogP contribution < -0.4 is 5.32 Å². The van der Waals surface area contributed by atoms with Gasteiger partial charge in [-0.15, -0.1) is 0 Å². The van der Waals surface area contributed by atoms with Gasteiger partial charge in [0.15, 0.2) is 0 Å². The van der Waals surface area contributed by atoms with E-state index in [0.29, 0.717) is 3.42 Å². The number of nitrogens with one attached hydrogen (secondary N) is 1. The van der Waals surface area contributed by atoms with Crippen molar-refractivity contribution in [2.24, 2.45) is 0 Å². The molecule has 0 radical (unpaired) electrons. The van der Waals surface area contributed by atoms with E-state index in [1.54, 1.807) is 0 Å². The monoisotopic (exact) mass is 251 g/mol. The van der Waals surface area contributed by atoms with Crippen LogP contribution in [0, 0.1) is 0 Å². The molecule has 2 fully saturated rings. The van der Waals surface area contributed by atoms with E-state index >= 15 is 0 Å². The Hall–Kier alpha value is 0.690. The molecule has 1 nitrogen and oxygen atoms in total. The topological polar surface area (TPSA) is 12.0 Å². The van der Waals surface area contributed by atoms with Crippen molar-refractivity contribution in [3.63, 3.8) is 0 Å². The normalized spacial score (nSPS) is 47.1. The average Bonchev–Trinajstić information content (AvgIpc) is 2.29. The van der Waals surface area contributed by atoms with Gasteiger partial charge in [-0.3, -0.25) is 0 Å². The summed E-state index contributed by atoms with van der Waals surface area (Å²) in [5.74, 6) is 0. The zero-order valence-electron chi connectivity index (χ0n) is 6.20. The van der Waals surface area contributed by atoms with Gasteiger partial charge < -0.3 is 5.32 Å². The van der Waals surface area contributed by atoms with Gasteiger partial charge in [0.25, 0.3) is 0 Å². The fourth-order valence-corrected chi connectivity index (χ4v) is 3.57. The van der Waals surface area contributed by atoms with Gasteiger partial charge in [0.2, 0.25) is 0 Å². The SMILES string of the molecule is IC12CCCNC1CCC2. The highest BCUT2D eigenvalue weighted by molar-refractivity contribution is 14.1. The Labute approximate surface area is 76.1 Å². The highest BCUT2D eigenvalue weighted by Gasteiger charge is 2.41. The Morgan fingerprint density at radius 3 is 2.90 bits per heavy atom. The predicted molar refractivity (Wildman–Crippen MR) is 51.6 cm³/mol. The van der Waals surface area contributed by atoms with Crippen molar-refractivity contribution in [2.75, 3.05) is 6.54 Å². The molecule has 0 spiro atoms. The van der Waals surface area contributed by atoms with Gasteiger partial charge in [0, 0.05) is 9.46 Å². The molecular formula is C8H14IN. The summed E-state index contributed by atoms with van der Waals surface area (Å²) in [5.41, 5.74) is 0. The number of rotatable bonds is 0. The second-order valence-electron chi connectivity index (χ2n) is 3.54. The summed E-state index contributed by atoms with van der Waals surface area (Å²) in [6.07, 6.45) is 7.15. The molecule has 1 aliphatic carbocycles. The van der Waals surface area contributed by atoms with Gasteiger partial charge in [0.05, 0.1) is 0 Å². The van der Waals surface area contributed by atoms with Gasteiger partial charge in [0.1, 0.15) is 0 Å². The van der Waals surface area contributed by atoms with Gasteiger partial charge in [-0.2, -0.15) is 0 Å². The van der Waals surface area contributed by atoms with Crippen molar-refractivity contribution in [2.45, 2.75) is 41.6 Å². The maximum atomic E-state index is 3.61. The first-order valence-corrected chi connectivity index (χ1v) is 5.31. The average molecular weight is 251 g/mol. The van der Waals surface area contributed by atoms with E-state index in [1.807, 2.05) is 0 Å². The van der Waals surface area contributed by atoms with Crippen molar-refractivity contribution < 1.29 is 0 Å². The first-order valence-electron chi connectivity index (χ1n) is 4.24. The van der Waals surface area contributed by atoms with Crippen molar-refractivity contribution in [3.8, 4) is 0 Å². The van der Waals surface area contributed by atoms with Crippen LogP contribution in [0.5, 0.6) is 0 Å². The van der Waals surface area contributed by atoms with Crippen LogP contribution in [-0.2, 0) is 0 Å². The van der Waals surface area contributed by atoms with Crippen molar-refractivity contribution in [1.82, 2.24) is 5.32 Å². The van der Waals surface area contributed by atoms with E-state index in [1.165, 1.54) is 38.6 Å². The number of hydrogen-bond acceptors (Lipinski definition) is 1. The molecule has 1 saturated carbocycles. The highest BCUT2D eigenvalue weighted by atomic mass is 127. The summed E-state index contributed by atoms with van der Waals surface area (Å²) in [5, 5.41) is 3.61. The number of piperidine rings is 1. The third-order valence-corrected chi connectivity index (χ3v) is 4.70. The molecular weight excluding hydrogens is 237 g/mol. The van der Waals surface area contributed by atoms with Crippen LogP contribution in [0.15, 0.2) is 0 Å². The van der Waals surface area contributed by atoms with E-state index in [4.69, 9.17) is 0 Å². The molecule has 0 aromatic heterocycles. The first kappa shape index (κ1) is 7.35. The van der Waals surface area contributed by atoms with Crippen molar-refractivity contribution >= 4 is 22.6 Å². The molecule has 10 heavy (non-hydrogen) atoms. The Morgan fingerprint density at radius 1 is 1.30 bits per heavy atom. The van der Waals surface area contributed by atoms with Crippen LogP contribution in [-0.4, -0.2) is 16.0 Å². The lowest BCUT2D eigenvalue weighted by Crippen LogP contribution is -2.47. The van der Waals surface area contributed by atoms with E-state index in [9.17, 15) is 0 Å². The standard InChI is InChI=1S/C8H14IN/c9-8-4-1-3-7(8)10-6-2-5-8/h7,10H,1-6H2. The smallest absolute Gasteiger partial charge is 0.0375 e. The molecule has 2 heteroatoms. The molecule has 2 atom stereocenters. The molecule has 58 valence electrons. The third-order valence-electron chi connectivity index (χ3n) is 2.87. The Morgan fingerprint density at radius 2 is 2.10 bits per heavy atom. The van der Waals surface area contributed by atoms with Crippen molar-refractivity contribution in [1.29, 1.82) is 0 Å². The fourth-order valence-electron chi connectivity index (χ4n) is 2.28. The van der Waals surface area contributed by atoms with Crippen LogP contribution in [0.3, 0.4) is 0 Å². The van der Waals surface area contributed by atoms with Crippen molar-refractivity contribution in [3.05, 3.63) is 0 Å². The number of fused-ring (bicyclic) bond motifs is 1. The van der Waals surface area contributed by atoms with Crippen LogP contribution >= 0.6 is 22.6 Å². The summed E-state index contributed by atoms with van der Waals surface area (Å²) in [6.45, 7) is 1.26. The maximum Gasteiger partial charge on any atom is 0.0375 e. The minimum atomic E-state index is 0.649. The summed E-state index contributed by atoms with van der Waals surface area (Å²) in [7, 11) is 0. The summed E-state index contributed by atoms with van der Waals surface area (Å²) >= 11 is 2.68. The molecule has 0 amide bonds. The molecule has 2 rings (SSSR count). The Balaban J connectivity index is 2.10. The summed E-state index contributed by atoms with van der Waals surface area (Å²) in [4.78, 5) is 0. The van der Waals surface area contributed by atoms with Crippen LogP contribution in [0.4, 0.5) is 0 Å². The molecule has 2 unspecified atom stereocenters. The Kier molecular flexibility index (Phi) is 1.93. The predicted octanol–water partition coefficient (Wildman–Crippen LogP) is 2.10. The summed E-state index contributed by atoms with van der Waals surface area (Å²) in [6, 6.07) is 0.849. The van der Waals surface area contributed by atoms with Crippen LogP contribution in [0.25, 0.3) is 0 Å².